The van der Waals surface area contributed by atoms with Crippen LogP contribution in [-0.2, 0) is 16.0 Å². The molecule has 0 heterocycles. The van der Waals surface area contributed by atoms with Crippen molar-refractivity contribution in [3.8, 4) is 0 Å². The highest BCUT2D eigenvalue weighted by atomic mass is 35.5. The van der Waals surface area contributed by atoms with E-state index < -0.39 is 5.41 Å². The van der Waals surface area contributed by atoms with Crippen molar-refractivity contribution in [1.82, 2.24) is 10.6 Å². The molecule has 0 unspecified atom stereocenters. The van der Waals surface area contributed by atoms with Crippen LogP contribution in [0.2, 0.25) is 5.02 Å². The van der Waals surface area contributed by atoms with Crippen LogP contribution in [-0.4, -0.2) is 24.9 Å². The van der Waals surface area contributed by atoms with Gasteiger partial charge >= 0.3 is 0 Å². The van der Waals surface area contributed by atoms with Crippen molar-refractivity contribution in [3.63, 3.8) is 0 Å². The van der Waals surface area contributed by atoms with Gasteiger partial charge in [0.15, 0.2) is 0 Å². The number of hydrogen-bond acceptors (Lipinski definition) is 2. The van der Waals surface area contributed by atoms with E-state index in [9.17, 15) is 9.59 Å². The number of benzene rings is 1. The zero-order valence-corrected chi connectivity index (χ0v) is 15.0. The topological polar surface area (TPSA) is 58.2 Å². The third-order valence-electron chi connectivity index (χ3n) is 3.79. The summed E-state index contributed by atoms with van der Waals surface area (Å²) < 4.78 is 0. The molecule has 2 N–H and O–H groups in total. The fraction of sp³-hybridized carbons (Fsp3) is 0.556. The smallest absolute Gasteiger partial charge is 0.235 e. The van der Waals surface area contributed by atoms with E-state index in [1.165, 1.54) is 0 Å². The van der Waals surface area contributed by atoms with Crippen molar-refractivity contribution < 1.29 is 9.59 Å². The van der Waals surface area contributed by atoms with Crippen LogP contribution in [0, 0.1) is 5.41 Å². The van der Waals surface area contributed by atoms with Crippen LogP contribution in [0.4, 0.5) is 0 Å². The van der Waals surface area contributed by atoms with Crippen molar-refractivity contribution in [1.29, 1.82) is 0 Å². The molecule has 0 aliphatic rings. The summed E-state index contributed by atoms with van der Waals surface area (Å²) in [7, 11) is 0. The van der Waals surface area contributed by atoms with Crippen molar-refractivity contribution in [2.75, 3.05) is 13.1 Å². The minimum absolute atomic E-state index is 0.228. The summed E-state index contributed by atoms with van der Waals surface area (Å²) in [4.78, 5) is 24.4. The van der Waals surface area contributed by atoms with Crippen LogP contribution in [0.5, 0.6) is 0 Å². The Labute approximate surface area is 144 Å². The van der Waals surface area contributed by atoms with Gasteiger partial charge in [0, 0.05) is 18.1 Å². The molecule has 0 fully saturated rings. The van der Waals surface area contributed by atoms with E-state index in [2.05, 4.69) is 17.6 Å². The zero-order valence-electron chi connectivity index (χ0n) is 14.2. The van der Waals surface area contributed by atoms with Gasteiger partial charge in [0.2, 0.25) is 11.8 Å². The summed E-state index contributed by atoms with van der Waals surface area (Å²) in [5, 5.41) is 6.35. The van der Waals surface area contributed by atoms with Crippen molar-refractivity contribution in [3.05, 3.63) is 34.9 Å². The van der Waals surface area contributed by atoms with Gasteiger partial charge in [0.05, 0.1) is 0 Å². The number of nitrogens with one attached hydrogen (secondary N) is 2. The van der Waals surface area contributed by atoms with E-state index in [1.54, 1.807) is 13.8 Å². The second-order valence-corrected chi connectivity index (χ2v) is 6.66. The number of halogens is 1. The maximum atomic E-state index is 12.3. The molecule has 0 aromatic heterocycles. The quantitative estimate of drug-likeness (QED) is 0.536. The molecule has 1 aromatic carbocycles. The first-order chi connectivity index (χ1) is 10.9. The zero-order chi connectivity index (χ0) is 17.3. The monoisotopic (exact) mass is 338 g/mol. The van der Waals surface area contributed by atoms with Crippen molar-refractivity contribution in [2.45, 2.75) is 46.5 Å². The second-order valence-electron chi connectivity index (χ2n) is 6.22. The van der Waals surface area contributed by atoms with E-state index in [-0.39, 0.29) is 11.8 Å². The standard InChI is InChI=1S/C18H27ClN2O2/c1-4-5-6-11-20-16(22)18(2,3)17(23)21-12-10-14-8-7-9-15(19)13-14/h7-9,13H,4-6,10-12H2,1-3H3,(H,20,22)(H,21,23). The number of unbranched alkanes of at least 4 members (excludes halogenated alkanes) is 2. The van der Waals surface area contributed by atoms with Gasteiger partial charge in [-0.1, -0.05) is 43.5 Å². The Morgan fingerprint density at radius 3 is 2.35 bits per heavy atom. The van der Waals surface area contributed by atoms with Gasteiger partial charge in [-0.05, 0) is 44.4 Å². The van der Waals surface area contributed by atoms with Crippen LogP contribution in [0.15, 0.2) is 24.3 Å². The summed E-state index contributed by atoms with van der Waals surface area (Å²) in [6, 6.07) is 7.53. The molecule has 0 aliphatic carbocycles. The number of amides is 2. The highest BCUT2D eigenvalue weighted by Gasteiger charge is 2.35. The van der Waals surface area contributed by atoms with Gasteiger partial charge in [0.1, 0.15) is 5.41 Å². The first-order valence-electron chi connectivity index (χ1n) is 8.19. The van der Waals surface area contributed by atoms with Crippen molar-refractivity contribution in [2.24, 2.45) is 5.41 Å². The second kappa shape index (κ2) is 9.56. The molecular weight excluding hydrogens is 312 g/mol. The van der Waals surface area contributed by atoms with Gasteiger partial charge in [-0.15, -0.1) is 0 Å². The van der Waals surface area contributed by atoms with E-state index >= 15 is 0 Å². The molecule has 1 rings (SSSR count). The molecule has 0 saturated carbocycles. The average Bonchev–Trinajstić information content (AvgIpc) is 2.51. The molecule has 0 radical (unpaired) electrons. The van der Waals surface area contributed by atoms with Gasteiger partial charge in [-0.3, -0.25) is 9.59 Å². The number of carbonyl (C=O) groups is 2. The minimum atomic E-state index is -1.07. The molecule has 5 heteroatoms. The summed E-state index contributed by atoms with van der Waals surface area (Å²) in [6.45, 7) is 6.50. The fourth-order valence-electron chi connectivity index (χ4n) is 2.13. The molecule has 0 saturated heterocycles. The largest absolute Gasteiger partial charge is 0.355 e. The predicted octanol–water partition coefficient (Wildman–Crippen LogP) is 3.33. The Hall–Kier alpha value is -1.55. The van der Waals surface area contributed by atoms with Crippen molar-refractivity contribution >= 4 is 23.4 Å². The summed E-state index contributed by atoms with van der Waals surface area (Å²) in [6.07, 6.45) is 3.80. The lowest BCUT2D eigenvalue weighted by Crippen LogP contribution is -2.48. The minimum Gasteiger partial charge on any atom is -0.355 e. The van der Waals surface area contributed by atoms with Crippen LogP contribution < -0.4 is 10.6 Å². The lowest BCUT2D eigenvalue weighted by atomic mass is 9.91. The number of rotatable bonds is 9. The molecule has 0 bridgehead atoms. The molecule has 1 aromatic rings. The molecule has 0 aliphatic heterocycles. The third kappa shape index (κ3) is 6.61. The van der Waals surface area contributed by atoms with Gasteiger partial charge in [-0.25, -0.2) is 0 Å². The van der Waals surface area contributed by atoms with E-state index in [0.717, 1.165) is 24.8 Å². The summed E-state index contributed by atoms with van der Waals surface area (Å²) in [5.41, 5.74) is -0.0137. The Kier molecular flexibility index (Phi) is 8.10. The average molecular weight is 339 g/mol. The molecule has 0 atom stereocenters. The predicted molar refractivity (Wildman–Crippen MR) is 94.5 cm³/mol. The molecule has 128 valence electrons. The highest BCUT2D eigenvalue weighted by Crippen LogP contribution is 2.16. The van der Waals surface area contributed by atoms with Crippen LogP contribution in [0.1, 0.15) is 45.6 Å². The van der Waals surface area contributed by atoms with E-state index in [0.29, 0.717) is 24.5 Å². The normalized spacial score (nSPS) is 11.1. The molecule has 4 nitrogen and oxygen atoms in total. The fourth-order valence-corrected chi connectivity index (χ4v) is 2.35. The van der Waals surface area contributed by atoms with Gasteiger partial charge < -0.3 is 10.6 Å². The van der Waals surface area contributed by atoms with Gasteiger partial charge in [-0.2, -0.15) is 0 Å². The first kappa shape index (κ1) is 19.5. The molecule has 0 spiro atoms. The number of carbonyl (C=O) groups excluding carboxylic acids is 2. The maximum absolute atomic E-state index is 12.3. The Balaban J connectivity index is 2.40. The Morgan fingerprint density at radius 1 is 1.09 bits per heavy atom. The third-order valence-corrected chi connectivity index (χ3v) is 4.02. The van der Waals surface area contributed by atoms with Crippen LogP contribution in [0.25, 0.3) is 0 Å². The van der Waals surface area contributed by atoms with E-state index in [4.69, 9.17) is 11.6 Å². The molecule has 2 amide bonds. The lowest BCUT2D eigenvalue weighted by Gasteiger charge is -2.22. The Bertz CT molecular complexity index is 530. The van der Waals surface area contributed by atoms with E-state index in [1.807, 2.05) is 24.3 Å². The lowest BCUT2D eigenvalue weighted by molar-refractivity contribution is -0.141. The SMILES string of the molecule is CCCCCNC(=O)C(C)(C)C(=O)NCCc1cccc(Cl)c1. The summed E-state index contributed by atoms with van der Waals surface area (Å²) in [5.74, 6) is -0.485. The number of hydrogen-bond donors (Lipinski definition) is 2. The van der Waals surface area contributed by atoms with Crippen LogP contribution in [0.3, 0.4) is 0 Å². The van der Waals surface area contributed by atoms with Crippen LogP contribution >= 0.6 is 11.6 Å². The summed E-state index contributed by atoms with van der Waals surface area (Å²) >= 11 is 5.93. The Morgan fingerprint density at radius 2 is 1.74 bits per heavy atom. The first-order valence-corrected chi connectivity index (χ1v) is 8.56. The highest BCUT2D eigenvalue weighted by molar-refractivity contribution is 6.30. The van der Waals surface area contributed by atoms with Gasteiger partial charge in [0.25, 0.3) is 0 Å². The molecular formula is C18H27ClN2O2. The molecule has 23 heavy (non-hydrogen) atoms. The maximum Gasteiger partial charge on any atom is 0.235 e.